The molecule has 0 saturated carbocycles. The van der Waals surface area contributed by atoms with Crippen molar-refractivity contribution in [3.8, 4) is 17.3 Å². The first-order valence-corrected chi connectivity index (χ1v) is 7.70. The van der Waals surface area contributed by atoms with Crippen molar-refractivity contribution in [3.63, 3.8) is 0 Å². The number of ether oxygens (including phenoxy) is 1. The molecule has 0 aromatic carbocycles. The summed E-state index contributed by atoms with van der Waals surface area (Å²) < 4.78 is 23.5. The summed E-state index contributed by atoms with van der Waals surface area (Å²) in [6, 6.07) is 5.89. The third kappa shape index (κ3) is 4.19. The summed E-state index contributed by atoms with van der Waals surface area (Å²) >= 11 is 0. The Hall–Kier alpha value is -3.33. The predicted molar refractivity (Wildman–Crippen MR) is 87.7 cm³/mol. The number of pyridine rings is 2. The van der Waals surface area contributed by atoms with Crippen LogP contribution in [0.25, 0.3) is 11.4 Å². The van der Waals surface area contributed by atoms with Gasteiger partial charge in [-0.3, -0.25) is 9.78 Å². The Morgan fingerprint density at radius 3 is 2.81 bits per heavy atom. The first-order chi connectivity index (χ1) is 12.7. The topological polar surface area (TPSA) is 110 Å². The minimum atomic E-state index is -0.442. The highest BCUT2D eigenvalue weighted by Crippen LogP contribution is 2.21. The Morgan fingerprint density at radius 2 is 2.12 bits per heavy atom. The van der Waals surface area contributed by atoms with Gasteiger partial charge in [-0.2, -0.15) is 0 Å². The van der Waals surface area contributed by atoms with E-state index in [1.54, 1.807) is 12.1 Å². The van der Waals surface area contributed by atoms with E-state index < -0.39 is 5.82 Å². The zero-order valence-corrected chi connectivity index (χ0v) is 13.6. The van der Waals surface area contributed by atoms with Crippen molar-refractivity contribution in [3.05, 3.63) is 59.9 Å². The van der Waals surface area contributed by atoms with Gasteiger partial charge in [-0.1, -0.05) is 5.16 Å². The number of aromatic nitrogens is 3. The van der Waals surface area contributed by atoms with Crippen LogP contribution in [-0.2, 0) is 6.61 Å². The number of rotatable bonds is 7. The number of nitrogens with one attached hydrogen (secondary N) is 1. The van der Waals surface area contributed by atoms with Crippen molar-refractivity contribution in [1.29, 1.82) is 0 Å². The lowest BCUT2D eigenvalue weighted by atomic mass is 10.2. The SMILES string of the molecule is O=C(NCCO)c1ccc(OCc2conc2-c2ccc(F)cn2)nc1. The minimum absolute atomic E-state index is 0.112. The van der Waals surface area contributed by atoms with Crippen molar-refractivity contribution < 1.29 is 23.6 Å². The van der Waals surface area contributed by atoms with Crippen LogP contribution in [0.1, 0.15) is 15.9 Å². The number of carbonyl (C=O) groups is 1. The third-order valence-corrected chi connectivity index (χ3v) is 3.38. The number of hydrogen-bond donors (Lipinski definition) is 2. The highest BCUT2D eigenvalue weighted by atomic mass is 19.1. The maximum atomic E-state index is 13.0. The molecule has 0 spiro atoms. The molecule has 0 fully saturated rings. The summed E-state index contributed by atoms with van der Waals surface area (Å²) in [5.41, 5.74) is 1.88. The summed E-state index contributed by atoms with van der Waals surface area (Å²) in [5, 5.41) is 15.1. The second kappa shape index (κ2) is 8.17. The van der Waals surface area contributed by atoms with Gasteiger partial charge in [0.25, 0.3) is 5.91 Å². The number of hydrogen-bond acceptors (Lipinski definition) is 7. The average Bonchev–Trinajstić information content (AvgIpc) is 3.14. The Bertz CT molecular complexity index is 865. The Morgan fingerprint density at radius 1 is 1.23 bits per heavy atom. The van der Waals surface area contributed by atoms with Gasteiger partial charge < -0.3 is 19.7 Å². The minimum Gasteiger partial charge on any atom is -0.473 e. The first-order valence-electron chi connectivity index (χ1n) is 7.70. The van der Waals surface area contributed by atoms with Crippen molar-refractivity contribution >= 4 is 5.91 Å². The number of halogens is 1. The fraction of sp³-hybridized carbons (Fsp3) is 0.176. The maximum absolute atomic E-state index is 13.0. The molecule has 3 heterocycles. The molecule has 0 radical (unpaired) electrons. The molecule has 0 aliphatic rings. The van der Waals surface area contributed by atoms with Gasteiger partial charge in [0.1, 0.15) is 24.4 Å². The van der Waals surface area contributed by atoms with Crippen molar-refractivity contribution in [1.82, 2.24) is 20.4 Å². The third-order valence-electron chi connectivity index (χ3n) is 3.38. The quantitative estimate of drug-likeness (QED) is 0.659. The zero-order chi connectivity index (χ0) is 18.4. The number of carbonyl (C=O) groups excluding carboxylic acids is 1. The number of aliphatic hydroxyl groups is 1. The monoisotopic (exact) mass is 358 g/mol. The normalized spacial score (nSPS) is 10.5. The highest BCUT2D eigenvalue weighted by Gasteiger charge is 2.13. The fourth-order valence-electron chi connectivity index (χ4n) is 2.11. The van der Waals surface area contributed by atoms with Gasteiger partial charge in [-0.05, 0) is 18.2 Å². The van der Waals surface area contributed by atoms with Gasteiger partial charge in [-0.15, -0.1) is 0 Å². The van der Waals surface area contributed by atoms with E-state index in [1.165, 1.54) is 24.6 Å². The predicted octanol–water partition coefficient (Wildman–Crippen LogP) is 1.57. The standard InChI is InChI=1S/C17H15FN4O4/c18-13-2-3-14(20-8-13)16-12(10-26-22-16)9-25-15-4-1-11(7-21-15)17(24)19-5-6-23/h1-4,7-8,10,23H,5-6,9H2,(H,19,24). The Balaban J connectivity index is 1.64. The number of aliphatic hydroxyl groups excluding tert-OH is 1. The summed E-state index contributed by atoms with van der Waals surface area (Å²) in [4.78, 5) is 19.7. The number of amides is 1. The second-order valence-electron chi connectivity index (χ2n) is 5.20. The molecule has 8 nitrogen and oxygen atoms in total. The van der Waals surface area contributed by atoms with Crippen LogP contribution in [0.5, 0.6) is 5.88 Å². The molecule has 2 N–H and O–H groups in total. The first kappa shape index (κ1) is 17.5. The molecule has 0 aliphatic heterocycles. The molecule has 0 bridgehead atoms. The fourth-order valence-corrected chi connectivity index (χ4v) is 2.11. The zero-order valence-electron chi connectivity index (χ0n) is 13.6. The number of nitrogens with zero attached hydrogens (tertiary/aromatic N) is 3. The smallest absolute Gasteiger partial charge is 0.252 e. The van der Waals surface area contributed by atoms with E-state index in [0.717, 1.165) is 6.20 Å². The Kier molecular flexibility index (Phi) is 5.49. The van der Waals surface area contributed by atoms with Crippen molar-refractivity contribution in [2.24, 2.45) is 0 Å². The summed E-state index contributed by atoms with van der Waals surface area (Å²) in [6.07, 6.45) is 3.88. The van der Waals surface area contributed by atoms with Crippen LogP contribution in [0.2, 0.25) is 0 Å². The van der Waals surface area contributed by atoms with Gasteiger partial charge in [0.2, 0.25) is 5.88 Å². The van der Waals surface area contributed by atoms with Gasteiger partial charge in [-0.25, -0.2) is 9.37 Å². The van der Waals surface area contributed by atoms with Crippen LogP contribution in [0.4, 0.5) is 4.39 Å². The van der Waals surface area contributed by atoms with E-state index in [1.807, 2.05) is 0 Å². The van der Waals surface area contributed by atoms with Crippen molar-refractivity contribution in [2.45, 2.75) is 6.61 Å². The van der Waals surface area contributed by atoms with E-state index in [0.29, 0.717) is 28.4 Å². The lowest BCUT2D eigenvalue weighted by Crippen LogP contribution is -2.26. The molecule has 0 atom stereocenters. The summed E-state index contributed by atoms with van der Waals surface area (Å²) in [6.45, 7) is 0.149. The van der Waals surface area contributed by atoms with E-state index in [9.17, 15) is 9.18 Å². The molecule has 26 heavy (non-hydrogen) atoms. The van der Waals surface area contributed by atoms with Crippen LogP contribution in [0.3, 0.4) is 0 Å². The lowest BCUT2D eigenvalue weighted by molar-refractivity contribution is 0.0944. The van der Waals surface area contributed by atoms with Crippen LogP contribution in [-0.4, -0.2) is 39.3 Å². The molecule has 3 aromatic heterocycles. The van der Waals surface area contributed by atoms with E-state index >= 15 is 0 Å². The van der Waals surface area contributed by atoms with Crippen LogP contribution in [0, 0.1) is 5.82 Å². The van der Waals surface area contributed by atoms with E-state index in [4.69, 9.17) is 14.4 Å². The molecule has 134 valence electrons. The Labute approximate surface area is 147 Å². The molecule has 3 rings (SSSR count). The molecule has 3 aromatic rings. The van der Waals surface area contributed by atoms with Gasteiger partial charge in [0, 0.05) is 18.8 Å². The molecule has 0 unspecified atom stereocenters. The summed E-state index contributed by atoms with van der Waals surface area (Å²) in [5.74, 6) is -0.466. The molecular formula is C17H15FN4O4. The lowest BCUT2D eigenvalue weighted by Gasteiger charge is -2.06. The molecule has 1 amide bonds. The molecular weight excluding hydrogens is 343 g/mol. The van der Waals surface area contributed by atoms with Gasteiger partial charge in [0.15, 0.2) is 0 Å². The van der Waals surface area contributed by atoms with Crippen LogP contribution < -0.4 is 10.1 Å². The summed E-state index contributed by atoms with van der Waals surface area (Å²) in [7, 11) is 0. The molecule has 0 saturated heterocycles. The molecule has 9 heteroatoms. The maximum Gasteiger partial charge on any atom is 0.252 e. The molecule has 0 aliphatic carbocycles. The van der Waals surface area contributed by atoms with E-state index in [-0.39, 0.29) is 25.7 Å². The van der Waals surface area contributed by atoms with Crippen LogP contribution in [0.15, 0.2) is 47.4 Å². The van der Waals surface area contributed by atoms with Crippen molar-refractivity contribution in [2.75, 3.05) is 13.2 Å². The van der Waals surface area contributed by atoms with Gasteiger partial charge in [0.05, 0.1) is 29.6 Å². The van der Waals surface area contributed by atoms with E-state index in [2.05, 4.69) is 20.4 Å². The van der Waals surface area contributed by atoms with Crippen LogP contribution >= 0.6 is 0 Å². The highest BCUT2D eigenvalue weighted by molar-refractivity contribution is 5.93. The largest absolute Gasteiger partial charge is 0.473 e. The van der Waals surface area contributed by atoms with Gasteiger partial charge >= 0.3 is 0 Å². The second-order valence-corrected chi connectivity index (χ2v) is 5.20. The average molecular weight is 358 g/mol.